The van der Waals surface area contributed by atoms with Crippen molar-refractivity contribution in [1.29, 1.82) is 0 Å². The third-order valence-electron chi connectivity index (χ3n) is 2.68. The van der Waals surface area contributed by atoms with Gasteiger partial charge < -0.3 is 4.74 Å². The van der Waals surface area contributed by atoms with E-state index in [4.69, 9.17) is 0 Å². The fraction of sp³-hybridized carbons (Fsp3) is 0.125. The Morgan fingerprint density at radius 3 is 2.70 bits per heavy atom. The smallest absolute Gasteiger partial charge is 0.349 e. The van der Waals surface area contributed by atoms with Gasteiger partial charge in [0.2, 0.25) is 10.9 Å². The zero-order chi connectivity index (χ0) is 16.7. The lowest BCUT2D eigenvalue weighted by Gasteiger charge is -2.02. The number of benzene rings is 1. The molecular formula is C16H15N3O3S. The highest BCUT2D eigenvalue weighted by Gasteiger charge is 2.11. The molecule has 1 aromatic carbocycles. The second-order valence-electron chi connectivity index (χ2n) is 4.29. The van der Waals surface area contributed by atoms with Crippen LogP contribution in [0.4, 0.5) is 5.69 Å². The van der Waals surface area contributed by atoms with E-state index in [1.807, 2.05) is 25.1 Å². The van der Waals surface area contributed by atoms with Crippen LogP contribution < -0.4 is 10.9 Å². The van der Waals surface area contributed by atoms with Gasteiger partial charge in [-0.15, -0.1) is 0 Å². The molecule has 1 aromatic heterocycles. The molecule has 118 valence electrons. The summed E-state index contributed by atoms with van der Waals surface area (Å²) < 4.78 is 5.96. The summed E-state index contributed by atoms with van der Waals surface area (Å²) in [4.78, 5) is 28.4. The largest absolute Gasteiger partial charge is 0.465 e. The zero-order valence-electron chi connectivity index (χ0n) is 12.7. The number of carbonyl (C=O) groups excluding carboxylic acids is 1. The quantitative estimate of drug-likeness (QED) is 0.638. The predicted molar refractivity (Wildman–Crippen MR) is 90.3 cm³/mol. The Morgan fingerprint density at radius 2 is 2.04 bits per heavy atom. The summed E-state index contributed by atoms with van der Waals surface area (Å²) in [6.45, 7) is 1.85. The van der Waals surface area contributed by atoms with E-state index in [0.717, 1.165) is 11.5 Å². The van der Waals surface area contributed by atoms with Gasteiger partial charge in [-0.1, -0.05) is 24.3 Å². The number of rotatable bonds is 4. The van der Waals surface area contributed by atoms with Crippen molar-refractivity contribution >= 4 is 29.4 Å². The maximum atomic E-state index is 12.3. The lowest BCUT2D eigenvalue weighted by molar-refractivity contribution is 0.0605. The van der Waals surface area contributed by atoms with Crippen molar-refractivity contribution in [1.82, 2.24) is 4.07 Å². The van der Waals surface area contributed by atoms with Gasteiger partial charge in [-0.05, 0) is 36.7 Å². The molecule has 0 saturated heterocycles. The number of carbonyl (C=O) groups is 1. The molecule has 0 N–H and O–H groups in total. The van der Waals surface area contributed by atoms with Gasteiger partial charge in [-0.3, -0.25) is 4.79 Å². The fourth-order valence-electron chi connectivity index (χ4n) is 1.62. The summed E-state index contributed by atoms with van der Waals surface area (Å²) in [6.07, 6.45) is 5.02. The van der Waals surface area contributed by atoms with E-state index in [0.29, 0.717) is 5.69 Å². The Morgan fingerprint density at radius 1 is 1.30 bits per heavy atom. The van der Waals surface area contributed by atoms with Crippen LogP contribution in [0.5, 0.6) is 0 Å². The van der Waals surface area contributed by atoms with Crippen molar-refractivity contribution in [3.8, 4) is 0 Å². The number of nitrogens with zero attached hydrogens (tertiary/aromatic N) is 3. The number of methoxy groups -OCH3 is 1. The molecule has 0 aliphatic carbocycles. The zero-order valence-corrected chi connectivity index (χ0v) is 13.5. The molecule has 23 heavy (non-hydrogen) atoms. The van der Waals surface area contributed by atoms with Crippen molar-refractivity contribution in [3.05, 3.63) is 69.1 Å². The van der Waals surface area contributed by atoms with Crippen LogP contribution in [0.3, 0.4) is 0 Å². The topological polar surface area (TPSA) is 73.0 Å². The molecule has 2 rings (SSSR count). The Kier molecular flexibility index (Phi) is 5.76. The third-order valence-corrected chi connectivity index (χ3v) is 3.60. The van der Waals surface area contributed by atoms with Gasteiger partial charge in [0.1, 0.15) is 4.88 Å². The van der Waals surface area contributed by atoms with Crippen molar-refractivity contribution in [3.63, 3.8) is 0 Å². The third kappa shape index (κ3) is 4.33. The van der Waals surface area contributed by atoms with E-state index in [1.54, 1.807) is 24.3 Å². The number of allylic oxidation sites excluding steroid dienone is 2. The summed E-state index contributed by atoms with van der Waals surface area (Å²) in [5.41, 5.74) is 0.331. The van der Waals surface area contributed by atoms with Crippen LogP contribution in [0.25, 0.3) is 0 Å². The van der Waals surface area contributed by atoms with Crippen molar-refractivity contribution in [2.45, 2.75) is 6.92 Å². The summed E-state index contributed by atoms with van der Waals surface area (Å²) in [5.74, 6) is -0.589. The van der Waals surface area contributed by atoms with E-state index in [9.17, 15) is 9.59 Å². The molecule has 0 aliphatic rings. The number of hydrogen-bond donors (Lipinski definition) is 0. The molecule has 0 atom stereocenters. The summed E-state index contributed by atoms with van der Waals surface area (Å²) in [6, 6.07) is 10.3. The molecule has 2 aromatic rings. The lowest BCUT2D eigenvalue weighted by Crippen LogP contribution is -2.32. The van der Waals surface area contributed by atoms with E-state index < -0.39 is 11.4 Å². The molecule has 0 radical (unpaired) electrons. The molecule has 0 amide bonds. The number of aromatic nitrogens is 1. The average Bonchev–Trinajstić information content (AvgIpc) is 2.57. The number of hydrogen-bond acceptors (Lipinski definition) is 6. The van der Waals surface area contributed by atoms with E-state index in [2.05, 4.69) is 14.8 Å². The minimum absolute atomic E-state index is 0.120. The van der Waals surface area contributed by atoms with Crippen molar-refractivity contribution < 1.29 is 9.53 Å². The average molecular weight is 329 g/mol. The second kappa shape index (κ2) is 8.00. The minimum atomic E-state index is -0.589. The Balaban J connectivity index is 2.67. The number of esters is 1. The Labute approximate surface area is 136 Å². The first-order valence-corrected chi connectivity index (χ1v) is 7.54. The van der Waals surface area contributed by atoms with E-state index >= 15 is 0 Å². The van der Waals surface area contributed by atoms with E-state index in [-0.39, 0.29) is 10.4 Å². The summed E-state index contributed by atoms with van der Waals surface area (Å²) >= 11 is 0.982. The van der Waals surface area contributed by atoms with Crippen LogP contribution >= 0.6 is 11.5 Å². The SMILES string of the molecule is C/C=C/C=N/n1sc(C(=O)OC)cc(=O)c1=Nc1ccccc1. The van der Waals surface area contributed by atoms with Crippen LogP contribution in [-0.2, 0) is 4.74 Å². The van der Waals surface area contributed by atoms with Gasteiger partial charge in [0.25, 0.3) is 0 Å². The van der Waals surface area contributed by atoms with Gasteiger partial charge in [-0.2, -0.15) is 9.17 Å². The first kappa shape index (κ1) is 16.6. The molecule has 0 spiro atoms. The highest BCUT2D eigenvalue weighted by atomic mass is 32.1. The van der Waals surface area contributed by atoms with Gasteiger partial charge >= 0.3 is 5.97 Å². The van der Waals surface area contributed by atoms with Crippen LogP contribution in [0, 0.1) is 0 Å². The maximum absolute atomic E-state index is 12.3. The second-order valence-corrected chi connectivity index (χ2v) is 5.26. The molecule has 1 heterocycles. The van der Waals surface area contributed by atoms with Gasteiger partial charge in [0.05, 0.1) is 12.8 Å². The molecular weight excluding hydrogens is 314 g/mol. The Bertz CT molecular complexity index is 864. The molecule has 0 fully saturated rings. The van der Waals surface area contributed by atoms with Gasteiger partial charge in [0, 0.05) is 12.3 Å². The van der Waals surface area contributed by atoms with Crippen LogP contribution in [0.15, 0.2) is 63.4 Å². The van der Waals surface area contributed by atoms with Crippen LogP contribution in [0.2, 0.25) is 0 Å². The maximum Gasteiger partial charge on any atom is 0.349 e. The van der Waals surface area contributed by atoms with Crippen LogP contribution in [0.1, 0.15) is 16.6 Å². The van der Waals surface area contributed by atoms with Crippen LogP contribution in [-0.4, -0.2) is 23.4 Å². The predicted octanol–water partition coefficient (Wildman–Crippen LogP) is 2.34. The Hall–Kier alpha value is -2.80. The highest BCUT2D eigenvalue weighted by Crippen LogP contribution is 2.09. The van der Waals surface area contributed by atoms with Gasteiger partial charge in [-0.25, -0.2) is 9.79 Å². The fourth-order valence-corrected chi connectivity index (χ4v) is 2.45. The monoisotopic (exact) mass is 329 g/mol. The molecule has 0 saturated carbocycles. The summed E-state index contributed by atoms with van der Waals surface area (Å²) in [7, 11) is 1.26. The number of ether oxygens (including phenoxy) is 1. The summed E-state index contributed by atoms with van der Waals surface area (Å²) in [5, 5.41) is 4.15. The molecule has 0 bridgehead atoms. The minimum Gasteiger partial charge on any atom is -0.465 e. The van der Waals surface area contributed by atoms with Crippen molar-refractivity contribution in [2.24, 2.45) is 10.1 Å². The highest BCUT2D eigenvalue weighted by molar-refractivity contribution is 7.08. The normalized spacial score (nSPS) is 12.2. The molecule has 6 nitrogen and oxygen atoms in total. The lowest BCUT2D eigenvalue weighted by atomic mass is 10.3. The first-order chi connectivity index (χ1) is 11.2. The molecule has 7 heteroatoms. The standard InChI is InChI=1S/C16H15N3O3S/c1-3-4-10-17-19-15(18-12-8-6-5-7-9-12)13(20)11-14(23-19)16(21)22-2/h3-11H,1-2H3/b4-3+,17-10+,18-15?. The molecule has 0 unspecified atom stereocenters. The van der Waals surface area contributed by atoms with Crippen molar-refractivity contribution in [2.75, 3.05) is 7.11 Å². The van der Waals surface area contributed by atoms with Gasteiger partial charge in [0.15, 0.2) is 0 Å². The van der Waals surface area contributed by atoms with E-state index in [1.165, 1.54) is 23.5 Å². The molecule has 0 aliphatic heterocycles. The number of para-hydroxylation sites is 1. The first-order valence-electron chi connectivity index (χ1n) is 6.77.